The van der Waals surface area contributed by atoms with Gasteiger partial charge in [0.15, 0.2) is 5.82 Å². The second kappa shape index (κ2) is 9.08. The zero-order chi connectivity index (χ0) is 22.0. The van der Waals surface area contributed by atoms with E-state index < -0.39 is 6.43 Å². The minimum absolute atomic E-state index is 0.0149. The van der Waals surface area contributed by atoms with Gasteiger partial charge in [0.05, 0.1) is 11.7 Å². The molecule has 1 fully saturated rings. The predicted octanol–water partition coefficient (Wildman–Crippen LogP) is 5.84. The Labute approximate surface area is 180 Å². The van der Waals surface area contributed by atoms with Gasteiger partial charge in [-0.3, -0.25) is 0 Å². The summed E-state index contributed by atoms with van der Waals surface area (Å²) in [7, 11) is 0. The maximum atomic E-state index is 12.6. The average Bonchev–Trinajstić information content (AvgIpc) is 3.13. The van der Waals surface area contributed by atoms with Crippen molar-refractivity contribution in [1.82, 2.24) is 19.6 Å². The number of hydrogen-bond acceptors (Lipinski definition) is 5. The molecule has 1 N–H and O–H groups in total. The van der Waals surface area contributed by atoms with Crippen LogP contribution in [0.2, 0.25) is 0 Å². The summed E-state index contributed by atoms with van der Waals surface area (Å²) >= 11 is 0. The van der Waals surface area contributed by atoms with Crippen molar-refractivity contribution in [2.75, 3.05) is 5.32 Å². The molecule has 8 heteroatoms. The van der Waals surface area contributed by atoms with Crippen molar-refractivity contribution in [2.45, 2.75) is 65.3 Å². The monoisotopic (exact) mass is 426 g/mol. The fraction of sp³-hybridized carbons (Fsp3) is 0.478. The van der Waals surface area contributed by atoms with Crippen LogP contribution in [0.3, 0.4) is 0 Å². The number of hydrogen-bond donors (Lipinski definition) is 1. The molecule has 1 aliphatic rings. The molecule has 1 aliphatic carbocycles. The number of nitrogens with zero attached hydrogens (tertiary/aromatic N) is 5. The molecule has 0 aliphatic heterocycles. The molecule has 0 radical (unpaired) electrons. The molecule has 4 rings (SSSR count). The first-order chi connectivity index (χ1) is 14.9. The smallest absolute Gasteiger partial charge is 0.241 e. The molecule has 0 amide bonds. The van der Waals surface area contributed by atoms with Gasteiger partial charge in [0.25, 0.3) is 0 Å². The number of anilines is 1. The number of alkyl halides is 2. The molecule has 164 valence electrons. The van der Waals surface area contributed by atoms with E-state index in [1.807, 2.05) is 49.9 Å². The van der Waals surface area contributed by atoms with Crippen LogP contribution in [0, 0.1) is 12.8 Å². The number of aliphatic imine (C=N–C) groups is 1. The zero-order valence-corrected chi connectivity index (χ0v) is 18.1. The first-order valence-corrected chi connectivity index (χ1v) is 10.8. The number of aromatic nitrogens is 4. The van der Waals surface area contributed by atoms with E-state index in [0.29, 0.717) is 5.95 Å². The molecule has 3 aromatic heterocycles. The maximum absolute atomic E-state index is 12.6. The number of pyridine rings is 1. The van der Waals surface area contributed by atoms with E-state index in [9.17, 15) is 8.78 Å². The van der Waals surface area contributed by atoms with Crippen molar-refractivity contribution in [3.63, 3.8) is 0 Å². The summed E-state index contributed by atoms with van der Waals surface area (Å²) in [5.41, 5.74) is 4.89. The average molecular weight is 427 g/mol. The topological polar surface area (TPSA) is 67.5 Å². The van der Waals surface area contributed by atoms with Gasteiger partial charge in [-0.2, -0.15) is 0 Å². The normalized spacial score (nSPS) is 19.0. The third-order valence-electron chi connectivity index (χ3n) is 5.80. The van der Waals surface area contributed by atoms with Crippen molar-refractivity contribution in [1.29, 1.82) is 0 Å². The summed E-state index contributed by atoms with van der Waals surface area (Å²) in [5, 5.41) is 7.97. The van der Waals surface area contributed by atoms with Gasteiger partial charge in [0.2, 0.25) is 12.4 Å². The van der Waals surface area contributed by atoms with E-state index in [1.54, 1.807) is 0 Å². The molecule has 31 heavy (non-hydrogen) atoms. The van der Waals surface area contributed by atoms with Crippen LogP contribution in [0.4, 0.5) is 20.5 Å². The Morgan fingerprint density at radius 3 is 2.65 bits per heavy atom. The number of aryl methyl sites for hydroxylation is 1. The lowest BCUT2D eigenvalue weighted by atomic mass is 9.84. The van der Waals surface area contributed by atoms with Crippen molar-refractivity contribution < 1.29 is 8.78 Å². The van der Waals surface area contributed by atoms with E-state index in [-0.39, 0.29) is 18.4 Å². The van der Waals surface area contributed by atoms with E-state index in [0.717, 1.165) is 59.4 Å². The van der Waals surface area contributed by atoms with Gasteiger partial charge in [-0.05, 0) is 70.1 Å². The van der Waals surface area contributed by atoms with Crippen molar-refractivity contribution in [3.8, 4) is 11.1 Å². The Hall–Kier alpha value is -2.90. The van der Waals surface area contributed by atoms with Crippen LogP contribution in [-0.2, 0) is 0 Å². The number of halogens is 2. The lowest BCUT2D eigenvalue weighted by Gasteiger charge is -2.28. The zero-order valence-electron chi connectivity index (χ0n) is 18.1. The van der Waals surface area contributed by atoms with Gasteiger partial charge in [-0.1, -0.05) is 0 Å². The summed E-state index contributed by atoms with van der Waals surface area (Å²) < 4.78 is 27.0. The molecule has 0 saturated heterocycles. The summed E-state index contributed by atoms with van der Waals surface area (Å²) in [6.07, 6.45) is 6.74. The molecule has 0 bridgehead atoms. The third kappa shape index (κ3) is 5.06. The van der Waals surface area contributed by atoms with Gasteiger partial charge >= 0.3 is 0 Å². The number of nitrogens with one attached hydrogen (secondary N) is 1. The van der Waals surface area contributed by atoms with Crippen LogP contribution in [0.5, 0.6) is 0 Å². The fourth-order valence-corrected chi connectivity index (χ4v) is 4.23. The highest BCUT2D eigenvalue weighted by atomic mass is 19.3. The first-order valence-electron chi connectivity index (χ1n) is 10.8. The minimum atomic E-state index is -2.21. The summed E-state index contributed by atoms with van der Waals surface area (Å²) in [5.74, 6) is 1.42. The highest BCUT2D eigenvalue weighted by Gasteiger charge is 2.24. The fourth-order valence-electron chi connectivity index (χ4n) is 4.23. The molecular formula is C23H28F2N6. The third-order valence-corrected chi connectivity index (χ3v) is 5.80. The lowest BCUT2D eigenvalue weighted by molar-refractivity contribution is 0.103. The molecule has 6 nitrogen and oxygen atoms in total. The van der Waals surface area contributed by atoms with E-state index in [1.165, 1.54) is 0 Å². The van der Waals surface area contributed by atoms with Gasteiger partial charge < -0.3 is 5.32 Å². The quantitative estimate of drug-likeness (QED) is 0.503. The molecule has 0 aromatic carbocycles. The van der Waals surface area contributed by atoms with E-state index >= 15 is 0 Å². The van der Waals surface area contributed by atoms with Crippen molar-refractivity contribution in [3.05, 3.63) is 36.3 Å². The van der Waals surface area contributed by atoms with Gasteiger partial charge in [-0.15, -0.1) is 5.10 Å². The number of rotatable bonds is 6. The highest BCUT2D eigenvalue weighted by Crippen LogP contribution is 2.31. The van der Waals surface area contributed by atoms with Gasteiger partial charge in [0.1, 0.15) is 0 Å². The molecule has 1 saturated carbocycles. The summed E-state index contributed by atoms with van der Waals surface area (Å²) in [6.45, 7) is 5.91. The van der Waals surface area contributed by atoms with Crippen molar-refractivity contribution >= 4 is 23.0 Å². The van der Waals surface area contributed by atoms with Crippen LogP contribution in [-0.4, -0.2) is 37.8 Å². The van der Waals surface area contributed by atoms with E-state index in [4.69, 9.17) is 0 Å². The van der Waals surface area contributed by atoms with Crippen LogP contribution < -0.4 is 5.32 Å². The lowest BCUT2D eigenvalue weighted by Crippen LogP contribution is -2.28. The first kappa shape index (κ1) is 21.3. The standard InChI is InChI=1S/C23H28F2N6/c1-14(2)28-22-15(3)10-17(12-26-22)19-8-9-31-20(19)13-27-23(30-31)29-18-6-4-16(5-7-18)11-21(24)25/h8-10,12-13,16,18,21H,4-7,11H2,1-3H3,(H,29,30). The Bertz CT molecular complexity index is 1080. The van der Waals surface area contributed by atoms with Crippen LogP contribution in [0.1, 0.15) is 51.5 Å². The molecule has 3 aromatic rings. The highest BCUT2D eigenvalue weighted by molar-refractivity contribution is 5.83. The predicted molar refractivity (Wildman–Crippen MR) is 119 cm³/mol. The molecular weight excluding hydrogens is 398 g/mol. The Morgan fingerprint density at radius 1 is 1.19 bits per heavy atom. The van der Waals surface area contributed by atoms with Crippen molar-refractivity contribution in [2.24, 2.45) is 10.9 Å². The SMILES string of the molecule is CC(C)=Nc1ncc(-c2ccn3nc(NC4CCC(CC(F)F)CC4)ncc23)cc1C. The summed E-state index contributed by atoms with van der Waals surface area (Å²) in [6, 6.07) is 4.31. The summed E-state index contributed by atoms with van der Waals surface area (Å²) in [4.78, 5) is 13.5. The maximum Gasteiger partial charge on any atom is 0.241 e. The Morgan fingerprint density at radius 2 is 1.97 bits per heavy atom. The Balaban J connectivity index is 1.48. The van der Waals surface area contributed by atoms with Crippen LogP contribution in [0.15, 0.2) is 35.7 Å². The van der Waals surface area contributed by atoms with Crippen LogP contribution in [0.25, 0.3) is 16.6 Å². The van der Waals surface area contributed by atoms with Gasteiger partial charge in [0, 0.05) is 41.7 Å². The largest absolute Gasteiger partial charge is 0.350 e. The number of fused-ring (bicyclic) bond motifs is 1. The molecule has 0 unspecified atom stereocenters. The van der Waals surface area contributed by atoms with Gasteiger partial charge in [-0.25, -0.2) is 28.3 Å². The molecule has 0 spiro atoms. The second-order valence-electron chi connectivity index (χ2n) is 8.55. The van der Waals surface area contributed by atoms with Crippen LogP contribution >= 0.6 is 0 Å². The molecule has 0 atom stereocenters. The second-order valence-corrected chi connectivity index (χ2v) is 8.55. The minimum Gasteiger partial charge on any atom is -0.350 e. The molecule has 3 heterocycles. The van der Waals surface area contributed by atoms with E-state index in [2.05, 4.69) is 31.4 Å². The Kier molecular flexibility index (Phi) is 6.25.